The third kappa shape index (κ3) is 5.99. The Balaban J connectivity index is 1.87. The SMILES string of the molecule is COC(=O)c1ccc(CN2C[C@@H](C)N(CCCC(F)(F)F)[C@@H](C)C2)cc1. The van der Waals surface area contributed by atoms with Crippen molar-refractivity contribution in [2.75, 3.05) is 26.7 Å². The molecule has 0 aliphatic carbocycles. The Morgan fingerprint density at radius 1 is 1.15 bits per heavy atom. The smallest absolute Gasteiger partial charge is 0.389 e. The number of alkyl halides is 3. The number of hydrogen-bond acceptors (Lipinski definition) is 4. The van der Waals surface area contributed by atoms with E-state index >= 15 is 0 Å². The van der Waals surface area contributed by atoms with Crippen LogP contribution in [-0.2, 0) is 11.3 Å². The minimum Gasteiger partial charge on any atom is -0.465 e. The molecule has 0 spiro atoms. The topological polar surface area (TPSA) is 32.8 Å². The molecule has 1 aromatic carbocycles. The number of piperazine rings is 1. The van der Waals surface area contributed by atoms with E-state index in [1.165, 1.54) is 7.11 Å². The molecule has 2 atom stereocenters. The molecule has 0 saturated carbocycles. The molecule has 4 nitrogen and oxygen atoms in total. The first-order chi connectivity index (χ1) is 12.2. The fourth-order valence-corrected chi connectivity index (χ4v) is 3.62. The van der Waals surface area contributed by atoms with E-state index in [1.54, 1.807) is 12.1 Å². The number of hydrogen-bond donors (Lipinski definition) is 0. The molecule has 7 heteroatoms. The maximum absolute atomic E-state index is 12.4. The molecule has 1 aliphatic rings. The van der Waals surface area contributed by atoms with Gasteiger partial charge >= 0.3 is 12.1 Å². The Labute approximate surface area is 152 Å². The van der Waals surface area contributed by atoms with Crippen molar-refractivity contribution >= 4 is 5.97 Å². The molecule has 0 N–H and O–H groups in total. The van der Waals surface area contributed by atoms with Gasteiger partial charge in [-0.05, 0) is 44.5 Å². The summed E-state index contributed by atoms with van der Waals surface area (Å²) in [6.07, 6.45) is -4.66. The van der Waals surface area contributed by atoms with Crippen LogP contribution in [0.5, 0.6) is 0 Å². The summed E-state index contributed by atoms with van der Waals surface area (Å²) in [5, 5.41) is 0. The van der Waals surface area contributed by atoms with Crippen LogP contribution >= 0.6 is 0 Å². The number of carbonyl (C=O) groups is 1. The molecule has 0 unspecified atom stereocenters. The quantitative estimate of drug-likeness (QED) is 0.713. The molecule has 1 heterocycles. The summed E-state index contributed by atoms with van der Waals surface area (Å²) in [4.78, 5) is 16.0. The second-order valence-corrected chi connectivity index (χ2v) is 7.04. The fourth-order valence-electron chi connectivity index (χ4n) is 3.62. The molecule has 146 valence electrons. The second kappa shape index (κ2) is 8.86. The monoisotopic (exact) mass is 372 g/mol. The molecule has 0 bridgehead atoms. The van der Waals surface area contributed by atoms with Crippen LogP contribution in [0.2, 0.25) is 0 Å². The zero-order valence-electron chi connectivity index (χ0n) is 15.6. The van der Waals surface area contributed by atoms with Crippen LogP contribution in [0, 0.1) is 0 Å². The predicted molar refractivity (Wildman–Crippen MR) is 94.0 cm³/mol. The molecule has 1 saturated heterocycles. The van der Waals surface area contributed by atoms with Crippen molar-refractivity contribution in [2.45, 2.75) is 51.5 Å². The second-order valence-electron chi connectivity index (χ2n) is 7.04. The zero-order valence-corrected chi connectivity index (χ0v) is 15.6. The number of benzene rings is 1. The lowest BCUT2D eigenvalue weighted by molar-refractivity contribution is -0.137. The molecule has 1 aromatic rings. The van der Waals surface area contributed by atoms with E-state index in [-0.39, 0.29) is 24.5 Å². The highest BCUT2D eigenvalue weighted by Crippen LogP contribution is 2.24. The van der Waals surface area contributed by atoms with E-state index in [2.05, 4.69) is 23.6 Å². The number of esters is 1. The summed E-state index contributed by atoms with van der Waals surface area (Å²) in [5.41, 5.74) is 1.62. The number of halogens is 3. The van der Waals surface area contributed by atoms with Gasteiger partial charge in [-0.3, -0.25) is 9.80 Å². The van der Waals surface area contributed by atoms with Crippen molar-refractivity contribution in [1.29, 1.82) is 0 Å². The summed E-state index contributed by atoms with van der Waals surface area (Å²) in [6, 6.07) is 7.75. The number of rotatable bonds is 6. The molecule has 26 heavy (non-hydrogen) atoms. The van der Waals surface area contributed by atoms with Gasteiger partial charge in [-0.25, -0.2) is 4.79 Å². The van der Waals surface area contributed by atoms with Crippen molar-refractivity contribution in [3.05, 3.63) is 35.4 Å². The lowest BCUT2D eigenvalue weighted by atomic mass is 10.1. The first kappa shape index (κ1) is 20.7. The van der Waals surface area contributed by atoms with E-state index < -0.39 is 12.6 Å². The first-order valence-electron chi connectivity index (χ1n) is 8.91. The van der Waals surface area contributed by atoms with E-state index in [1.807, 2.05) is 12.1 Å². The number of nitrogens with zero attached hydrogens (tertiary/aromatic N) is 2. The lowest BCUT2D eigenvalue weighted by Gasteiger charge is -2.44. The normalized spacial score (nSPS) is 22.4. The van der Waals surface area contributed by atoms with Crippen molar-refractivity contribution in [2.24, 2.45) is 0 Å². The average Bonchev–Trinajstić information content (AvgIpc) is 2.56. The number of ether oxygens (including phenoxy) is 1. The molecule has 0 radical (unpaired) electrons. The summed E-state index contributed by atoms with van der Waals surface area (Å²) in [6.45, 7) is 6.99. The van der Waals surface area contributed by atoms with Crippen LogP contribution in [-0.4, -0.2) is 60.8 Å². The third-order valence-corrected chi connectivity index (χ3v) is 4.83. The van der Waals surface area contributed by atoms with Crippen LogP contribution in [0.15, 0.2) is 24.3 Å². The molecule has 1 aliphatic heterocycles. The molecule has 0 amide bonds. The van der Waals surface area contributed by atoms with Crippen LogP contribution in [0.4, 0.5) is 13.2 Å². The molecule has 0 aromatic heterocycles. The van der Waals surface area contributed by atoms with Gasteiger partial charge in [0.25, 0.3) is 0 Å². The summed E-state index contributed by atoms with van der Waals surface area (Å²) in [7, 11) is 1.35. The van der Waals surface area contributed by atoms with Crippen LogP contribution in [0.1, 0.15) is 42.6 Å². The Bertz CT molecular complexity index is 577. The third-order valence-electron chi connectivity index (χ3n) is 4.83. The minimum atomic E-state index is -4.08. The predicted octanol–water partition coefficient (Wildman–Crippen LogP) is 3.71. The Hall–Kier alpha value is -1.60. The van der Waals surface area contributed by atoms with Gasteiger partial charge in [-0.15, -0.1) is 0 Å². The van der Waals surface area contributed by atoms with Gasteiger partial charge in [0.1, 0.15) is 0 Å². The number of carbonyl (C=O) groups excluding carboxylic acids is 1. The lowest BCUT2D eigenvalue weighted by Crippen LogP contribution is -2.56. The van der Waals surface area contributed by atoms with Crippen molar-refractivity contribution in [1.82, 2.24) is 9.80 Å². The van der Waals surface area contributed by atoms with E-state index in [0.717, 1.165) is 25.2 Å². The van der Waals surface area contributed by atoms with Crippen molar-refractivity contribution in [3.8, 4) is 0 Å². The van der Waals surface area contributed by atoms with Gasteiger partial charge in [0.15, 0.2) is 0 Å². The summed E-state index contributed by atoms with van der Waals surface area (Å²) >= 11 is 0. The molecule has 2 rings (SSSR count). The van der Waals surface area contributed by atoms with Gasteiger partial charge in [-0.2, -0.15) is 13.2 Å². The highest BCUT2D eigenvalue weighted by Gasteiger charge is 2.31. The zero-order chi connectivity index (χ0) is 19.3. The van der Waals surface area contributed by atoms with E-state index in [4.69, 9.17) is 4.74 Å². The van der Waals surface area contributed by atoms with Crippen LogP contribution in [0.25, 0.3) is 0 Å². The van der Waals surface area contributed by atoms with Crippen molar-refractivity contribution < 1.29 is 22.7 Å². The maximum atomic E-state index is 12.4. The largest absolute Gasteiger partial charge is 0.465 e. The van der Waals surface area contributed by atoms with Gasteiger partial charge < -0.3 is 4.74 Å². The Morgan fingerprint density at radius 3 is 2.23 bits per heavy atom. The number of methoxy groups -OCH3 is 1. The fraction of sp³-hybridized carbons (Fsp3) is 0.632. The summed E-state index contributed by atoms with van der Waals surface area (Å²) < 4.78 is 41.8. The van der Waals surface area contributed by atoms with Crippen molar-refractivity contribution in [3.63, 3.8) is 0 Å². The molecule has 1 fully saturated rings. The van der Waals surface area contributed by atoms with Gasteiger partial charge in [0, 0.05) is 38.1 Å². The van der Waals surface area contributed by atoms with Crippen LogP contribution < -0.4 is 0 Å². The highest BCUT2D eigenvalue weighted by atomic mass is 19.4. The average molecular weight is 372 g/mol. The Morgan fingerprint density at radius 2 is 1.73 bits per heavy atom. The Kier molecular flexibility index (Phi) is 7.06. The standard InChI is InChI=1S/C19H27F3N2O2/c1-14-11-23(12-15(2)24(14)10-4-9-19(20,21)22)13-16-5-7-17(8-6-16)18(25)26-3/h5-8,14-15H,4,9-13H2,1-3H3/t14-,15+. The maximum Gasteiger partial charge on any atom is 0.389 e. The van der Waals surface area contributed by atoms with Gasteiger partial charge in [0.05, 0.1) is 12.7 Å². The molecular formula is C19H27F3N2O2. The van der Waals surface area contributed by atoms with Crippen LogP contribution in [0.3, 0.4) is 0 Å². The minimum absolute atomic E-state index is 0.146. The van der Waals surface area contributed by atoms with Gasteiger partial charge in [0.2, 0.25) is 0 Å². The first-order valence-corrected chi connectivity index (χ1v) is 8.91. The van der Waals surface area contributed by atoms with Gasteiger partial charge in [-0.1, -0.05) is 12.1 Å². The van der Waals surface area contributed by atoms with E-state index in [9.17, 15) is 18.0 Å². The molecular weight excluding hydrogens is 345 g/mol. The highest BCUT2D eigenvalue weighted by molar-refractivity contribution is 5.89. The van der Waals surface area contributed by atoms with E-state index in [0.29, 0.717) is 12.1 Å². The summed E-state index contributed by atoms with van der Waals surface area (Å²) in [5.74, 6) is -0.355.